The van der Waals surface area contributed by atoms with Gasteiger partial charge in [-0.2, -0.15) is 0 Å². The molecule has 0 fully saturated rings. The Hall–Kier alpha value is -2.99. The van der Waals surface area contributed by atoms with Crippen LogP contribution in [0.25, 0.3) is 22.3 Å². The molecule has 122 valence electrons. The number of nitrogens with one attached hydrogen (secondary N) is 1. The van der Waals surface area contributed by atoms with Crippen LogP contribution in [-0.4, -0.2) is 15.0 Å². The summed E-state index contributed by atoms with van der Waals surface area (Å²) in [7, 11) is 0. The Morgan fingerprint density at radius 3 is 2.72 bits per heavy atom. The van der Waals surface area contributed by atoms with Crippen molar-refractivity contribution < 1.29 is 4.74 Å². The van der Waals surface area contributed by atoms with Gasteiger partial charge in [0, 0.05) is 22.3 Å². The number of ether oxygens (including phenoxy) is 1. The molecule has 0 saturated carbocycles. The highest BCUT2D eigenvalue weighted by Crippen LogP contribution is 2.25. The number of H-pyrrole nitrogens is 1. The average molecular weight is 394 g/mol. The molecule has 0 amide bonds. The molecule has 0 saturated heterocycles. The van der Waals surface area contributed by atoms with Crippen LogP contribution < -0.4 is 10.3 Å². The number of rotatable bonds is 3. The Kier molecular flexibility index (Phi) is 4.03. The minimum absolute atomic E-state index is 0.165. The number of para-hydroxylation sites is 1. The lowest BCUT2D eigenvalue weighted by molar-refractivity contribution is 0.463. The lowest BCUT2D eigenvalue weighted by atomic mass is 10.2. The molecule has 1 N–H and O–H groups in total. The molecular formula is C19H12BrN3O2. The van der Waals surface area contributed by atoms with Gasteiger partial charge in [-0.05, 0) is 46.3 Å². The van der Waals surface area contributed by atoms with Gasteiger partial charge in [-0.1, -0.05) is 24.3 Å². The van der Waals surface area contributed by atoms with E-state index >= 15 is 0 Å². The van der Waals surface area contributed by atoms with Crippen LogP contribution >= 0.6 is 15.9 Å². The average Bonchev–Trinajstić information content (AvgIpc) is 2.64. The zero-order valence-corrected chi connectivity index (χ0v) is 14.5. The molecule has 0 aliphatic carbocycles. The van der Waals surface area contributed by atoms with Crippen LogP contribution in [0, 0.1) is 0 Å². The Morgan fingerprint density at radius 2 is 1.88 bits per heavy atom. The third kappa shape index (κ3) is 3.29. The highest BCUT2D eigenvalue weighted by molar-refractivity contribution is 9.10. The summed E-state index contributed by atoms with van der Waals surface area (Å²) in [6.07, 6.45) is 1.67. The van der Waals surface area contributed by atoms with Gasteiger partial charge in [-0.3, -0.25) is 4.79 Å². The molecule has 0 spiro atoms. The molecule has 0 aliphatic heterocycles. The number of benzene rings is 2. The van der Waals surface area contributed by atoms with Crippen LogP contribution in [0.4, 0.5) is 0 Å². The van der Waals surface area contributed by atoms with Crippen molar-refractivity contribution in [2.24, 2.45) is 0 Å². The van der Waals surface area contributed by atoms with Crippen molar-refractivity contribution in [3.05, 3.63) is 81.7 Å². The van der Waals surface area contributed by atoms with Gasteiger partial charge >= 0.3 is 0 Å². The molecule has 25 heavy (non-hydrogen) atoms. The second-order valence-electron chi connectivity index (χ2n) is 5.38. The van der Waals surface area contributed by atoms with Crippen LogP contribution in [0.15, 0.2) is 76.1 Å². The molecular weight excluding hydrogens is 382 g/mol. The van der Waals surface area contributed by atoms with Gasteiger partial charge in [0.25, 0.3) is 5.56 Å². The lowest BCUT2D eigenvalue weighted by Crippen LogP contribution is -2.09. The summed E-state index contributed by atoms with van der Waals surface area (Å²) in [5, 5.41) is 0.567. The summed E-state index contributed by atoms with van der Waals surface area (Å²) in [5.41, 5.74) is 1.25. The van der Waals surface area contributed by atoms with Gasteiger partial charge < -0.3 is 9.72 Å². The van der Waals surface area contributed by atoms with E-state index in [2.05, 4.69) is 30.9 Å². The first-order chi connectivity index (χ1) is 12.2. The molecule has 2 heterocycles. The van der Waals surface area contributed by atoms with E-state index in [4.69, 9.17) is 4.74 Å². The maximum Gasteiger partial charge on any atom is 0.259 e. The van der Waals surface area contributed by atoms with Crippen LogP contribution in [0.1, 0.15) is 0 Å². The quantitative estimate of drug-likeness (QED) is 0.554. The van der Waals surface area contributed by atoms with Gasteiger partial charge in [0.1, 0.15) is 11.6 Å². The number of pyridine rings is 1. The van der Waals surface area contributed by atoms with E-state index in [9.17, 15) is 4.79 Å². The number of aromatic nitrogens is 3. The monoisotopic (exact) mass is 393 g/mol. The molecule has 4 aromatic rings. The van der Waals surface area contributed by atoms with Crippen molar-refractivity contribution in [3.63, 3.8) is 0 Å². The fourth-order valence-electron chi connectivity index (χ4n) is 2.47. The van der Waals surface area contributed by atoms with Crippen molar-refractivity contribution >= 4 is 26.8 Å². The van der Waals surface area contributed by atoms with E-state index in [1.165, 1.54) is 0 Å². The molecule has 0 unspecified atom stereocenters. The fraction of sp³-hybridized carbons (Fsp3) is 0. The predicted octanol–water partition coefficient (Wildman–Crippen LogP) is 4.54. The van der Waals surface area contributed by atoms with Gasteiger partial charge in [-0.15, -0.1) is 0 Å². The molecule has 0 radical (unpaired) electrons. The van der Waals surface area contributed by atoms with E-state index in [1.54, 1.807) is 18.3 Å². The standard InChI is InChI=1S/C19H12BrN3O2/c20-13-8-9-17(21-11-13)25-14-5-3-4-12(10-14)18-22-16-7-2-1-6-15(16)19(24)23-18/h1-11H,(H,22,23,24). The van der Waals surface area contributed by atoms with Crippen LogP contribution in [0.2, 0.25) is 0 Å². The normalized spacial score (nSPS) is 10.8. The minimum atomic E-state index is -0.165. The van der Waals surface area contributed by atoms with Crippen molar-refractivity contribution in [2.45, 2.75) is 0 Å². The summed E-state index contributed by atoms with van der Waals surface area (Å²) in [6.45, 7) is 0. The first kappa shape index (κ1) is 15.5. The Bertz CT molecular complexity index is 1110. The number of nitrogens with zero attached hydrogens (tertiary/aromatic N) is 2. The molecule has 0 atom stereocenters. The second kappa shape index (κ2) is 6.49. The molecule has 4 rings (SSSR count). The van der Waals surface area contributed by atoms with E-state index in [-0.39, 0.29) is 5.56 Å². The van der Waals surface area contributed by atoms with Gasteiger partial charge in [0.2, 0.25) is 5.88 Å². The molecule has 5 nitrogen and oxygen atoms in total. The van der Waals surface area contributed by atoms with Gasteiger partial charge in [0.05, 0.1) is 10.9 Å². The van der Waals surface area contributed by atoms with Gasteiger partial charge in [0.15, 0.2) is 0 Å². The number of fused-ring (bicyclic) bond motifs is 1. The number of halogens is 1. The minimum Gasteiger partial charge on any atom is -0.439 e. The van der Waals surface area contributed by atoms with Crippen LogP contribution in [-0.2, 0) is 0 Å². The SMILES string of the molecule is O=c1[nH]c(-c2cccc(Oc3ccc(Br)cn3)c2)nc2ccccc12. The first-order valence-corrected chi connectivity index (χ1v) is 8.37. The van der Waals surface area contributed by atoms with Crippen molar-refractivity contribution in [2.75, 3.05) is 0 Å². The van der Waals surface area contributed by atoms with Crippen LogP contribution in [0.3, 0.4) is 0 Å². The number of hydrogen-bond acceptors (Lipinski definition) is 4. The van der Waals surface area contributed by atoms with Crippen molar-refractivity contribution in [1.29, 1.82) is 0 Å². The molecule has 6 heteroatoms. The Morgan fingerprint density at radius 1 is 1.00 bits per heavy atom. The number of aromatic amines is 1. The molecule has 2 aromatic heterocycles. The first-order valence-electron chi connectivity index (χ1n) is 7.58. The van der Waals surface area contributed by atoms with E-state index < -0.39 is 0 Å². The Labute approximate surface area is 151 Å². The third-order valence-corrected chi connectivity index (χ3v) is 4.11. The van der Waals surface area contributed by atoms with E-state index in [0.29, 0.717) is 28.4 Å². The lowest BCUT2D eigenvalue weighted by Gasteiger charge is -2.07. The topological polar surface area (TPSA) is 67.9 Å². The van der Waals surface area contributed by atoms with Gasteiger partial charge in [-0.25, -0.2) is 9.97 Å². The summed E-state index contributed by atoms with van der Waals surface area (Å²) in [4.78, 5) is 23.8. The summed E-state index contributed by atoms with van der Waals surface area (Å²) in [5.74, 6) is 1.60. The fourth-order valence-corrected chi connectivity index (χ4v) is 2.71. The van der Waals surface area contributed by atoms with E-state index in [1.807, 2.05) is 48.5 Å². The molecule has 0 aliphatic rings. The van der Waals surface area contributed by atoms with Crippen molar-refractivity contribution in [1.82, 2.24) is 15.0 Å². The maximum absolute atomic E-state index is 12.2. The largest absolute Gasteiger partial charge is 0.439 e. The Balaban J connectivity index is 1.72. The van der Waals surface area contributed by atoms with Crippen LogP contribution in [0.5, 0.6) is 11.6 Å². The molecule has 2 aromatic carbocycles. The number of hydrogen-bond donors (Lipinski definition) is 1. The highest BCUT2D eigenvalue weighted by atomic mass is 79.9. The van der Waals surface area contributed by atoms with E-state index in [0.717, 1.165) is 10.0 Å². The summed E-state index contributed by atoms with van der Waals surface area (Å²) >= 11 is 3.34. The highest BCUT2D eigenvalue weighted by Gasteiger charge is 2.07. The zero-order chi connectivity index (χ0) is 17.2. The smallest absolute Gasteiger partial charge is 0.259 e. The predicted molar refractivity (Wildman–Crippen MR) is 99.8 cm³/mol. The summed E-state index contributed by atoms with van der Waals surface area (Å²) in [6, 6.07) is 18.2. The second-order valence-corrected chi connectivity index (χ2v) is 6.29. The third-order valence-electron chi connectivity index (χ3n) is 3.64. The maximum atomic E-state index is 12.2. The zero-order valence-electron chi connectivity index (χ0n) is 12.9. The molecule has 0 bridgehead atoms. The summed E-state index contributed by atoms with van der Waals surface area (Å²) < 4.78 is 6.64. The van der Waals surface area contributed by atoms with Crippen molar-refractivity contribution in [3.8, 4) is 23.0 Å².